The molecule has 11 heteroatoms. The highest BCUT2D eigenvalue weighted by Crippen LogP contribution is 2.24. The highest BCUT2D eigenvalue weighted by Gasteiger charge is 2.18. The molecule has 4 N–H and O–H groups in total. The molecule has 0 aliphatic carbocycles. The summed E-state index contributed by atoms with van der Waals surface area (Å²) in [4.78, 5) is 4.05. The molecule has 0 aliphatic rings. The Morgan fingerprint density at radius 3 is 2.91 bits per heavy atom. The summed E-state index contributed by atoms with van der Waals surface area (Å²) in [5.74, 6) is -0.560. The van der Waals surface area contributed by atoms with Gasteiger partial charge in [0.25, 0.3) is 0 Å². The number of aromatic nitrogens is 2. The second kappa shape index (κ2) is 8.22. The minimum Gasteiger partial charge on any atom is -0.394 e. The lowest BCUT2D eigenvalue weighted by molar-refractivity contribution is 0.113. The van der Waals surface area contributed by atoms with Crippen LogP contribution in [0, 0.1) is 5.82 Å². The molecular weight excluding hydrogens is 351 g/mol. The van der Waals surface area contributed by atoms with Crippen LogP contribution in [0.25, 0.3) is 0 Å². The van der Waals surface area contributed by atoms with Gasteiger partial charge in [-0.1, -0.05) is 23.4 Å². The summed E-state index contributed by atoms with van der Waals surface area (Å²) in [6.07, 6.45) is -0.942. The van der Waals surface area contributed by atoms with E-state index in [2.05, 4.69) is 19.9 Å². The molecule has 0 aliphatic heterocycles. The fraction of sp³-hybridized carbons (Fsp3) is 0.250. The zero-order valence-electron chi connectivity index (χ0n) is 11.5. The van der Waals surface area contributed by atoms with Crippen molar-refractivity contribution in [3.63, 3.8) is 0 Å². The van der Waals surface area contributed by atoms with Crippen molar-refractivity contribution in [3.8, 4) is 0 Å². The van der Waals surface area contributed by atoms with E-state index >= 15 is 0 Å². The van der Waals surface area contributed by atoms with Gasteiger partial charge in [-0.3, -0.25) is 10.7 Å². The monoisotopic (exact) mass is 362 g/mol. The lowest BCUT2D eigenvalue weighted by atomic mass is 10.3. The highest BCUT2D eigenvalue weighted by atomic mass is 35.5. The van der Waals surface area contributed by atoms with Crippen molar-refractivity contribution in [1.29, 1.82) is 0 Å². The fourth-order valence-corrected chi connectivity index (χ4v) is 2.45. The van der Waals surface area contributed by atoms with Crippen molar-refractivity contribution in [2.75, 3.05) is 12.4 Å². The lowest BCUT2D eigenvalue weighted by Crippen LogP contribution is -2.21. The largest absolute Gasteiger partial charge is 0.394 e. The van der Waals surface area contributed by atoms with Gasteiger partial charge in [-0.2, -0.15) is 0 Å². The molecule has 0 saturated carbocycles. The molecule has 0 fully saturated rings. The molecule has 1 aromatic heterocycles. The normalized spacial score (nSPS) is 13.2. The van der Waals surface area contributed by atoms with Crippen molar-refractivity contribution >= 4 is 34.9 Å². The van der Waals surface area contributed by atoms with Crippen molar-refractivity contribution < 1.29 is 24.4 Å². The summed E-state index contributed by atoms with van der Waals surface area (Å²) in [5, 5.41) is 34.7. The van der Waals surface area contributed by atoms with Crippen molar-refractivity contribution in [1.82, 2.24) is 15.8 Å². The van der Waals surface area contributed by atoms with E-state index in [1.807, 2.05) is 5.48 Å². The molecule has 124 valence electrons. The summed E-state index contributed by atoms with van der Waals surface area (Å²) in [7, 11) is 0. The zero-order valence-corrected chi connectivity index (χ0v) is 13.1. The van der Waals surface area contributed by atoms with Crippen LogP contribution in [0.3, 0.4) is 0 Å². The number of aliphatic hydroxyl groups is 2. The van der Waals surface area contributed by atoms with Crippen LogP contribution in [0.2, 0.25) is 5.02 Å². The molecule has 0 bridgehead atoms. The molecule has 0 spiro atoms. The first-order valence-corrected chi connectivity index (χ1v) is 7.60. The second-order valence-corrected chi connectivity index (χ2v) is 5.65. The van der Waals surface area contributed by atoms with Gasteiger partial charge in [-0.05, 0) is 28.5 Å². The molecular formula is C12H12ClFN4O4S. The van der Waals surface area contributed by atoms with Gasteiger partial charge in [0, 0.05) is 5.75 Å². The Morgan fingerprint density at radius 2 is 2.26 bits per heavy atom. The number of aliphatic hydroxyl groups excluding tert-OH is 2. The number of halogens is 2. The Morgan fingerprint density at radius 1 is 1.48 bits per heavy atom. The van der Waals surface area contributed by atoms with Crippen molar-refractivity contribution in [3.05, 3.63) is 34.7 Å². The smallest absolute Gasteiger partial charge is 0.186 e. The molecule has 0 saturated heterocycles. The van der Waals surface area contributed by atoms with E-state index in [-0.39, 0.29) is 33.0 Å². The van der Waals surface area contributed by atoms with E-state index in [1.165, 1.54) is 12.1 Å². The predicted octanol–water partition coefficient (Wildman–Crippen LogP) is 1.36. The summed E-state index contributed by atoms with van der Waals surface area (Å²) >= 11 is 6.72. The van der Waals surface area contributed by atoms with Gasteiger partial charge in [0.15, 0.2) is 16.6 Å². The average molecular weight is 363 g/mol. The zero-order chi connectivity index (χ0) is 16.8. The van der Waals surface area contributed by atoms with Crippen LogP contribution < -0.4 is 5.48 Å². The quantitative estimate of drug-likeness (QED) is 0.263. The van der Waals surface area contributed by atoms with Gasteiger partial charge in [-0.25, -0.2) is 14.0 Å². The van der Waals surface area contributed by atoms with Crippen molar-refractivity contribution in [2.45, 2.75) is 11.1 Å². The topological polar surface area (TPSA) is 124 Å². The number of thioether (sulfide) groups is 1. The SMILES string of the molecule is OCC(O)CSc1nonc1C(=Nc1ccc(F)c(Cl)c1)NO. The number of benzene rings is 1. The van der Waals surface area contributed by atoms with E-state index in [1.54, 1.807) is 0 Å². The third-order valence-corrected chi connectivity index (χ3v) is 3.94. The minimum absolute atomic E-state index is 0.0862. The average Bonchev–Trinajstić information content (AvgIpc) is 3.01. The standard InChI is InChI=1S/C12H12ClFN4O4S/c13-8-3-6(1-2-9(8)14)15-11(16-21)10-12(18-22-17-10)23-5-7(20)4-19/h1-3,7,19-21H,4-5H2,(H,15,16). The van der Waals surface area contributed by atoms with Gasteiger partial charge in [0.05, 0.1) is 23.4 Å². The number of hydrogen-bond acceptors (Lipinski definition) is 8. The number of rotatable bonds is 6. The first kappa shape index (κ1) is 17.6. The van der Waals surface area contributed by atoms with E-state index in [0.29, 0.717) is 0 Å². The number of nitrogens with zero attached hydrogens (tertiary/aromatic N) is 3. The molecule has 23 heavy (non-hydrogen) atoms. The first-order chi connectivity index (χ1) is 11.0. The number of nitrogens with one attached hydrogen (secondary N) is 1. The summed E-state index contributed by atoms with van der Waals surface area (Å²) in [5.41, 5.74) is 2.21. The van der Waals surface area contributed by atoms with Crippen LogP contribution in [0.4, 0.5) is 10.1 Å². The highest BCUT2D eigenvalue weighted by molar-refractivity contribution is 7.99. The van der Waals surface area contributed by atoms with Crippen molar-refractivity contribution in [2.24, 2.45) is 4.99 Å². The van der Waals surface area contributed by atoms with Gasteiger partial charge in [0.2, 0.25) is 0 Å². The van der Waals surface area contributed by atoms with Crippen LogP contribution in [0.1, 0.15) is 5.69 Å². The summed E-state index contributed by atoms with van der Waals surface area (Å²) in [6.45, 7) is -0.402. The summed E-state index contributed by atoms with van der Waals surface area (Å²) < 4.78 is 17.7. The molecule has 2 rings (SSSR count). The summed E-state index contributed by atoms with van der Waals surface area (Å²) in [6, 6.07) is 3.75. The van der Waals surface area contributed by atoms with Crippen LogP contribution in [-0.4, -0.2) is 50.0 Å². The number of hydrogen-bond donors (Lipinski definition) is 4. The van der Waals surface area contributed by atoms with E-state index in [9.17, 15) is 14.7 Å². The predicted molar refractivity (Wildman–Crippen MR) is 80.6 cm³/mol. The third-order valence-electron chi connectivity index (χ3n) is 2.56. The van der Waals surface area contributed by atoms with E-state index < -0.39 is 18.5 Å². The molecule has 0 radical (unpaired) electrons. The van der Waals surface area contributed by atoms with Gasteiger partial charge >= 0.3 is 0 Å². The lowest BCUT2D eigenvalue weighted by Gasteiger charge is -2.06. The third kappa shape index (κ3) is 4.62. The molecule has 1 aromatic carbocycles. The maximum atomic E-state index is 13.1. The molecule has 8 nitrogen and oxygen atoms in total. The van der Waals surface area contributed by atoms with Crippen LogP contribution in [0.15, 0.2) is 32.8 Å². The Kier molecular flexibility index (Phi) is 6.30. The van der Waals surface area contributed by atoms with Crippen LogP contribution >= 0.6 is 23.4 Å². The Hall–Kier alpha value is -1.72. The molecule has 1 unspecified atom stereocenters. The maximum absolute atomic E-state index is 13.1. The van der Waals surface area contributed by atoms with Crippen LogP contribution in [-0.2, 0) is 0 Å². The number of amidine groups is 1. The molecule has 0 amide bonds. The second-order valence-electron chi connectivity index (χ2n) is 4.24. The van der Waals surface area contributed by atoms with Gasteiger partial charge < -0.3 is 10.2 Å². The number of aliphatic imine (C=N–C) groups is 1. The minimum atomic E-state index is -0.942. The number of hydroxylamine groups is 1. The molecule has 1 heterocycles. The van der Waals surface area contributed by atoms with Gasteiger partial charge in [0.1, 0.15) is 5.82 Å². The first-order valence-electron chi connectivity index (χ1n) is 6.23. The molecule has 1 atom stereocenters. The Labute approximate surface area is 138 Å². The Bertz CT molecular complexity index is 699. The molecule has 2 aromatic rings. The maximum Gasteiger partial charge on any atom is 0.186 e. The van der Waals surface area contributed by atoms with Crippen LogP contribution in [0.5, 0.6) is 0 Å². The van der Waals surface area contributed by atoms with Gasteiger partial charge in [-0.15, -0.1) is 0 Å². The Balaban J connectivity index is 2.25. The fourth-order valence-electron chi connectivity index (χ4n) is 1.46. The van der Waals surface area contributed by atoms with E-state index in [4.69, 9.17) is 16.7 Å². The van der Waals surface area contributed by atoms with E-state index in [0.717, 1.165) is 17.8 Å².